The van der Waals surface area contributed by atoms with Gasteiger partial charge in [0.2, 0.25) is 5.95 Å². The quantitative estimate of drug-likeness (QED) is 0.750. The van der Waals surface area contributed by atoms with E-state index >= 15 is 0 Å². The zero-order chi connectivity index (χ0) is 13.7. The lowest BCUT2D eigenvalue weighted by Crippen LogP contribution is -2.40. The summed E-state index contributed by atoms with van der Waals surface area (Å²) < 4.78 is 5.32. The maximum Gasteiger partial charge on any atom is 0.244 e. The van der Waals surface area contributed by atoms with Crippen LogP contribution in [0.4, 0.5) is 5.95 Å². The Labute approximate surface area is 114 Å². The highest BCUT2D eigenvalue weighted by atomic mass is 16.5. The van der Waals surface area contributed by atoms with Gasteiger partial charge in [0.25, 0.3) is 0 Å². The molecule has 0 spiro atoms. The van der Waals surface area contributed by atoms with E-state index in [4.69, 9.17) is 10.5 Å². The van der Waals surface area contributed by atoms with Gasteiger partial charge in [-0.15, -0.1) is 5.10 Å². The van der Waals surface area contributed by atoms with Crippen LogP contribution >= 0.6 is 0 Å². The fourth-order valence-electron chi connectivity index (χ4n) is 2.48. The minimum atomic E-state index is 0.288. The van der Waals surface area contributed by atoms with Crippen molar-refractivity contribution in [2.45, 2.75) is 39.2 Å². The van der Waals surface area contributed by atoms with Gasteiger partial charge >= 0.3 is 0 Å². The van der Waals surface area contributed by atoms with Crippen LogP contribution in [-0.4, -0.2) is 47.5 Å². The summed E-state index contributed by atoms with van der Waals surface area (Å²) in [5.74, 6) is 2.35. The van der Waals surface area contributed by atoms with E-state index < -0.39 is 0 Å². The Balaban J connectivity index is 1.82. The molecule has 6 nitrogen and oxygen atoms in total. The van der Waals surface area contributed by atoms with E-state index in [1.54, 1.807) is 0 Å². The van der Waals surface area contributed by atoms with E-state index in [9.17, 15) is 0 Å². The minimum Gasteiger partial charge on any atom is -0.381 e. The second kappa shape index (κ2) is 6.86. The number of anilines is 1. The van der Waals surface area contributed by atoms with Crippen LogP contribution in [0.1, 0.15) is 32.5 Å². The Hall–Kier alpha value is -1.14. The molecule has 2 rings (SSSR count). The third-order valence-electron chi connectivity index (χ3n) is 3.77. The number of aromatic amines is 1. The number of H-pyrrole nitrogens is 1. The molecule has 108 valence electrons. The maximum atomic E-state index is 5.95. The molecule has 1 aromatic rings. The SMILES string of the molecule is CCOCCc1nc(N2CCC(C(C)N)CC2)n[nH]1. The van der Waals surface area contributed by atoms with Crippen LogP contribution in [0.3, 0.4) is 0 Å². The summed E-state index contributed by atoms with van der Waals surface area (Å²) in [5.41, 5.74) is 5.95. The smallest absolute Gasteiger partial charge is 0.244 e. The van der Waals surface area contributed by atoms with Crippen LogP contribution in [-0.2, 0) is 11.2 Å². The van der Waals surface area contributed by atoms with Gasteiger partial charge in [0, 0.05) is 32.2 Å². The third kappa shape index (κ3) is 3.91. The lowest BCUT2D eigenvalue weighted by molar-refractivity contribution is 0.149. The van der Waals surface area contributed by atoms with Gasteiger partial charge in [-0.3, -0.25) is 5.10 Å². The summed E-state index contributed by atoms with van der Waals surface area (Å²) in [5, 5.41) is 7.28. The van der Waals surface area contributed by atoms with Gasteiger partial charge in [-0.2, -0.15) is 4.98 Å². The minimum absolute atomic E-state index is 0.288. The standard InChI is InChI=1S/C13H25N5O/c1-3-19-9-6-12-15-13(17-16-12)18-7-4-11(5-8-18)10(2)14/h10-11H,3-9,14H2,1-2H3,(H,15,16,17). The summed E-state index contributed by atoms with van der Waals surface area (Å²) in [6, 6.07) is 0.288. The van der Waals surface area contributed by atoms with Crippen LogP contribution in [0.25, 0.3) is 0 Å². The first-order chi connectivity index (χ1) is 9.20. The molecule has 2 heterocycles. The normalized spacial score (nSPS) is 18.8. The second-order valence-corrected chi connectivity index (χ2v) is 5.21. The Morgan fingerprint density at radius 3 is 2.84 bits per heavy atom. The molecule has 19 heavy (non-hydrogen) atoms. The summed E-state index contributed by atoms with van der Waals surface area (Å²) in [6.45, 7) is 7.51. The van der Waals surface area contributed by atoms with E-state index in [0.717, 1.165) is 50.7 Å². The molecule has 0 aliphatic carbocycles. The van der Waals surface area contributed by atoms with Crippen LogP contribution in [0.15, 0.2) is 0 Å². The molecule has 0 radical (unpaired) electrons. The number of hydrogen-bond acceptors (Lipinski definition) is 5. The lowest BCUT2D eigenvalue weighted by atomic mass is 9.91. The fraction of sp³-hybridized carbons (Fsp3) is 0.846. The molecule has 0 bridgehead atoms. The van der Waals surface area contributed by atoms with Gasteiger partial charge in [0.05, 0.1) is 6.61 Å². The molecule has 1 atom stereocenters. The highest BCUT2D eigenvalue weighted by Crippen LogP contribution is 2.22. The summed E-state index contributed by atoms with van der Waals surface area (Å²) in [6.07, 6.45) is 3.04. The van der Waals surface area contributed by atoms with Crippen LogP contribution in [0.2, 0.25) is 0 Å². The van der Waals surface area contributed by atoms with Crippen LogP contribution in [0.5, 0.6) is 0 Å². The zero-order valence-electron chi connectivity index (χ0n) is 11.9. The lowest BCUT2D eigenvalue weighted by Gasteiger charge is -2.32. The molecule has 1 unspecified atom stereocenters. The van der Waals surface area contributed by atoms with Crippen molar-refractivity contribution in [2.24, 2.45) is 11.7 Å². The van der Waals surface area contributed by atoms with Gasteiger partial charge in [0.15, 0.2) is 0 Å². The van der Waals surface area contributed by atoms with Crippen LogP contribution < -0.4 is 10.6 Å². The molecule has 0 aromatic carbocycles. The summed E-state index contributed by atoms with van der Waals surface area (Å²) >= 11 is 0. The molecular formula is C13H25N5O. The average Bonchev–Trinajstić information content (AvgIpc) is 2.88. The maximum absolute atomic E-state index is 5.95. The third-order valence-corrected chi connectivity index (χ3v) is 3.77. The van der Waals surface area contributed by atoms with E-state index in [1.165, 1.54) is 0 Å². The van der Waals surface area contributed by atoms with Crippen molar-refractivity contribution in [3.05, 3.63) is 5.82 Å². The Morgan fingerprint density at radius 2 is 2.21 bits per heavy atom. The number of aromatic nitrogens is 3. The predicted octanol–water partition coefficient (Wildman–Crippen LogP) is 0.947. The number of nitrogens with two attached hydrogens (primary N) is 1. The van der Waals surface area contributed by atoms with Crippen molar-refractivity contribution in [1.82, 2.24) is 15.2 Å². The van der Waals surface area contributed by atoms with E-state index in [-0.39, 0.29) is 6.04 Å². The van der Waals surface area contributed by atoms with Crippen molar-refractivity contribution in [2.75, 3.05) is 31.2 Å². The largest absolute Gasteiger partial charge is 0.381 e. The zero-order valence-corrected chi connectivity index (χ0v) is 11.9. The predicted molar refractivity (Wildman–Crippen MR) is 75.2 cm³/mol. The topological polar surface area (TPSA) is 80.1 Å². The first-order valence-electron chi connectivity index (χ1n) is 7.20. The molecule has 1 aliphatic rings. The molecule has 3 N–H and O–H groups in total. The fourth-order valence-corrected chi connectivity index (χ4v) is 2.48. The highest BCUT2D eigenvalue weighted by Gasteiger charge is 2.23. The van der Waals surface area contributed by atoms with E-state index in [0.29, 0.717) is 12.5 Å². The van der Waals surface area contributed by atoms with Gasteiger partial charge < -0.3 is 15.4 Å². The molecule has 6 heteroatoms. The number of nitrogens with zero attached hydrogens (tertiary/aromatic N) is 3. The molecule has 1 fully saturated rings. The van der Waals surface area contributed by atoms with Crippen molar-refractivity contribution >= 4 is 5.95 Å². The van der Waals surface area contributed by atoms with E-state index in [2.05, 4.69) is 27.0 Å². The average molecular weight is 267 g/mol. The van der Waals surface area contributed by atoms with Gasteiger partial charge in [-0.25, -0.2) is 0 Å². The molecule has 1 saturated heterocycles. The van der Waals surface area contributed by atoms with Gasteiger partial charge in [0.1, 0.15) is 5.82 Å². The number of piperidine rings is 1. The number of ether oxygens (including phenoxy) is 1. The monoisotopic (exact) mass is 267 g/mol. The Morgan fingerprint density at radius 1 is 1.47 bits per heavy atom. The van der Waals surface area contributed by atoms with Crippen molar-refractivity contribution < 1.29 is 4.74 Å². The Kier molecular flexibility index (Phi) is 5.15. The molecule has 0 saturated carbocycles. The Bertz CT molecular complexity index is 371. The van der Waals surface area contributed by atoms with E-state index in [1.807, 2.05) is 6.92 Å². The van der Waals surface area contributed by atoms with Crippen molar-refractivity contribution in [1.29, 1.82) is 0 Å². The van der Waals surface area contributed by atoms with Gasteiger partial charge in [-0.1, -0.05) is 0 Å². The number of nitrogens with one attached hydrogen (secondary N) is 1. The number of hydrogen-bond donors (Lipinski definition) is 2. The van der Waals surface area contributed by atoms with Crippen LogP contribution in [0, 0.1) is 5.92 Å². The highest BCUT2D eigenvalue weighted by molar-refractivity contribution is 5.29. The second-order valence-electron chi connectivity index (χ2n) is 5.21. The first kappa shape index (κ1) is 14.3. The molecule has 0 amide bonds. The summed E-state index contributed by atoms with van der Waals surface area (Å²) in [4.78, 5) is 6.76. The van der Waals surface area contributed by atoms with Crippen molar-refractivity contribution in [3.8, 4) is 0 Å². The molecule has 1 aliphatic heterocycles. The number of rotatable bonds is 6. The molecule has 1 aromatic heterocycles. The molecular weight excluding hydrogens is 242 g/mol. The summed E-state index contributed by atoms with van der Waals surface area (Å²) in [7, 11) is 0. The van der Waals surface area contributed by atoms with Gasteiger partial charge in [-0.05, 0) is 32.6 Å². The van der Waals surface area contributed by atoms with Crippen molar-refractivity contribution in [3.63, 3.8) is 0 Å². The first-order valence-corrected chi connectivity index (χ1v) is 7.20.